The maximum atomic E-state index is 10.2. The summed E-state index contributed by atoms with van der Waals surface area (Å²) in [5, 5.41) is 16.3. The van der Waals surface area contributed by atoms with Crippen LogP contribution in [0.4, 0.5) is 0 Å². The highest BCUT2D eigenvalue weighted by atomic mass is 16.6. The summed E-state index contributed by atoms with van der Waals surface area (Å²) in [7, 11) is 0. The van der Waals surface area contributed by atoms with Crippen molar-refractivity contribution in [1.29, 1.82) is 0 Å². The summed E-state index contributed by atoms with van der Waals surface area (Å²) in [6.07, 6.45) is 3.25. The van der Waals surface area contributed by atoms with Crippen LogP contribution in [0.3, 0.4) is 0 Å². The number of rotatable bonds is 5. The van der Waals surface area contributed by atoms with E-state index in [1.54, 1.807) is 12.5 Å². The van der Waals surface area contributed by atoms with Gasteiger partial charge in [0.1, 0.15) is 6.61 Å². The van der Waals surface area contributed by atoms with Crippen molar-refractivity contribution in [1.82, 2.24) is 0 Å². The molecule has 17 heavy (non-hydrogen) atoms. The molecule has 0 bridgehead atoms. The summed E-state index contributed by atoms with van der Waals surface area (Å²) in [6.45, 7) is -0.0117. The first-order valence-electron chi connectivity index (χ1n) is 4.74. The first-order valence-corrected chi connectivity index (χ1v) is 4.74. The number of carbonyl (C=O) groups excluding carboxylic acids is 1. The minimum absolute atomic E-state index is 0.0829. The third-order valence-corrected chi connectivity index (χ3v) is 1.30. The molecule has 0 saturated carbocycles. The van der Waals surface area contributed by atoms with Gasteiger partial charge in [-0.25, -0.2) is 9.59 Å². The zero-order valence-electron chi connectivity index (χ0n) is 9.07. The molecule has 0 aliphatic heterocycles. The number of hydrogen-bond acceptors (Lipinski definition) is 6. The molecule has 0 fully saturated rings. The first-order chi connectivity index (χ1) is 8.18. The summed E-state index contributed by atoms with van der Waals surface area (Å²) in [5.74, 6) is -2.93. The van der Waals surface area contributed by atoms with Crippen molar-refractivity contribution in [3.8, 4) is 0 Å². The molecule has 0 radical (unpaired) electrons. The van der Waals surface area contributed by atoms with Crippen LogP contribution >= 0.6 is 0 Å². The van der Waals surface area contributed by atoms with Gasteiger partial charge in [-0.05, 0) is 12.1 Å². The molecule has 1 aromatic rings. The predicted molar refractivity (Wildman–Crippen MR) is 55.2 cm³/mol. The second kappa shape index (κ2) is 10.7. The number of aliphatic hydroxyl groups excluding tert-OH is 1. The Kier molecular flexibility index (Phi) is 9.49. The monoisotopic (exact) mass is 246 g/mol. The number of aliphatic hydroxyl groups is 1. The predicted octanol–water partition coefficient (Wildman–Crippen LogP) is -0.0973. The lowest BCUT2D eigenvalue weighted by atomic mass is 10.7. The van der Waals surface area contributed by atoms with Gasteiger partial charge in [0.2, 0.25) is 0 Å². The van der Waals surface area contributed by atoms with E-state index >= 15 is 0 Å². The average molecular weight is 246 g/mol. The van der Waals surface area contributed by atoms with Gasteiger partial charge in [0, 0.05) is 0 Å². The zero-order chi connectivity index (χ0) is 12.9. The van der Waals surface area contributed by atoms with Crippen LogP contribution in [0.15, 0.2) is 29.1 Å². The number of esters is 1. The van der Waals surface area contributed by atoms with Crippen molar-refractivity contribution in [2.75, 3.05) is 26.4 Å². The van der Waals surface area contributed by atoms with Gasteiger partial charge in [-0.1, -0.05) is 0 Å². The van der Waals surface area contributed by atoms with E-state index in [1.807, 2.05) is 12.1 Å². The van der Waals surface area contributed by atoms with Crippen LogP contribution < -0.4 is 0 Å². The lowest BCUT2D eigenvalue weighted by Gasteiger charge is -2.01. The molecule has 0 spiro atoms. The van der Waals surface area contributed by atoms with Crippen LogP contribution in [-0.2, 0) is 19.1 Å². The number of furan rings is 1. The Bertz CT molecular complexity index is 276. The molecule has 0 amide bonds. The Hall–Kier alpha value is -1.86. The smallest absolute Gasteiger partial charge is 0.417 e. The standard InChI is InChI=1S/C6H10O6.C4H4O/c7-1-2-11-3-4-12-6(10)5(8)9;1-2-4-5-3-1/h7H,1-4H2,(H,8,9);1-4H. The van der Waals surface area contributed by atoms with Crippen LogP contribution in [0.25, 0.3) is 0 Å². The van der Waals surface area contributed by atoms with Gasteiger partial charge in [-0.15, -0.1) is 0 Å². The Morgan fingerprint density at radius 1 is 1.12 bits per heavy atom. The normalized spacial score (nSPS) is 9.00. The fourth-order valence-corrected chi connectivity index (χ4v) is 0.648. The minimum atomic E-state index is -1.63. The van der Waals surface area contributed by atoms with Gasteiger partial charge in [0.25, 0.3) is 0 Å². The third-order valence-electron chi connectivity index (χ3n) is 1.30. The summed E-state index contributed by atoms with van der Waals surface area (Å²) >= 11 is 0. The van der Waals surface area contributed by atoms with Crippen molar-refractivity contribution in [2.45, 2.75) is 0 Å². The van der Waals surface area contributed by atoms with Gasteiger partial charge in [-0.2, -0.15) is 0 Å². The Balaban J connectivity index is 0.000000419. The molecule has 96 valence electrons. The molecule has 0 atom stereocenters. The molecular formula is C10H14O7. The number of carbonyl (C=O) groups is 2. The van der Waals surface area contributed by atoms with E-state index in [4.69, 9.17) is 14.9 Å². The fraction of sp³-hybridized carbons (Fsp3) is 0.400. The molecule has 2 N–H and O–H groups in total. The highest BCUT2D eigenvalue weighted by molar-refractivity contribution is 6.28. The SMILES string of the molecule is O=C(O)C(=O)OCCOCCO.c1ccoc1. The number of carboxylic acid groups (broad SMARTS) is 1. The molecule has 7 nitrogen and oxygen atoms in total. The van der Waals surface area contributed by atoms with Crippen molar-refractivity contribution < 1.29 is 33.7 Å². The second-order valence-corrected chi connectivity index (χ2v) is 2.57. The van der Waals surface area contributed by atoms with Gasteiger partial charge in [0.05, 0.1) is 32.3 Å². The molecule has 0 aliphatic rings. The van der Waals surface area contributed by atoms with E-state index in [2.05, 4.69) is 9.15 Å². The van der Waals surface area contributed by atoms with E-state index in [9.17, 15) is 9.59 Å². The van der Waals surface area contributed by atoms with Crippen LogP contribution in [0.5, 0.6) is 0 Å². The first kappa shape index (κ1) is 15.1. The van der Waals surface area contributed by atoms with Crippen LogP contribution in [-0.4, -0.2) is 48.6 Å². The van der Waals surface area contributed by atoms with Crippen molar-refractivity contribution in [2.24, 2.45) is 0 Å². The molecule has 0 aromatic carbocycles. The highest BCUT2D eigenvalue weighted by Gasteiger charge is 2.11. The summed E-state index contributed by atoms with van der Waals surface area (Å²) in [4.78, 5) is 20.1. The summed E-state index contributed by atoms with van der Waals surface area (Å²) in [5.41, 5.74) is 0. The average Bonchev–Trinajstić information content (AvgIpc) is 2.87. The molecule has 1 heterocycles. The van der Waals surface area contributed by atoms with Gasteiger partial charge < -0.3 is 24.1 Å². The molecule has 0 saturated heterocycles. The largest absolute Gasteiger partial charge is 0.473 e. The van der Waals surface area contributed by atoms with Crippen molar-refractivity contribution in [3.63, 3.8) is 0 Å². The van der Waals surface area contributed by atoms with E-state index in [1.165, 1.54) is 0 Å². The van der Waals surface area contributed by atoms with Crippen LogP contribution in [0.2, 0.25) is 0 Å². The zero-order valence-corrected chi connectivity index (χ0v) is 9.07. The third kappa shape index (κ3) is 10.4. The number of aliphatic carboxylic acids is 1. The van der Waals surface area contributed by atoms with E-state index in [0.717, 1.165) is 0 Å². The van der Waals surface area contributed by atoms with E-state index in [0.29, 0.717) is 0 Å². The van der Waals surface area contributed by atoms with E-state index < -0.39 is 11.9 Å². The van der Waals surface area contributed by atoms with Crippen molar-refractivity contribution in [3.05, 3.63) is 24.7 Å². The lowest BCUT2D eigenvalue weighted by molar-refractivity contribution is -0.164. The maximum absolute atomic E-state index is 10.2. The topological polar surface area (TPSA) is 106 Å². The molecule has 0 unspecified atom stereocenters. The van der Waals surface area contributed by atoms with E-state index in [-0.39, 0.29) is 26.4 Å². The summed E-state index contributed by atoms with van der Waals surface area (Å²) < 4.78 is 13.5. The van der Waals surface area contributed by atoms with Crippen molar-refractivity contribution >= 4 is 11.9 Å². The van der Waals surface area contributed by atoms with Gasteiger partial charge in [0.15, 0.2) is 0 Å². The molecule has 1 aromatic heterocycles. The quantitative estimate of drug-likeness (QED) is 0.424. The van der Waals surface area contributed by atoms with Crippen LogP contribution in [0.1, 0.15) is 0 Å². The molecule has 7 heteroatoms. The number of ether oxygens (including phenoxy) is 2. The molecular weight excluding hydrogens is 232 g/mol. The lowest BCUT2D eigenvalue weighted by Crippen LogP contribution is -2.19. The Morgan fingerprint density at radius 3 is 2.18 bits per heavy atom. The Labute approximate surface area is 97.6 Å². The molecule has 0 aliphatic carbocycles. The Morgan fingerprint density at radius 2 is 1.76 bits per heavy atom. The fourth-order valence-electron chi connectivity index (χ4n) is 0.648. The molecule has 1 rings (SSSR count). The number of carboxylic acids is 1. The summed E-state index contributed by atoms with van der Waals surface area (Å²) in [6, 6.07) is 3.67. The maximum Gasteiger partial charge on any atom is 0.417 e. The second-order valence-electron chi connectivity index (χ2n) is 2.57. The van der Waals surface area contributed by atoms with Crippen LogP contribution in [0, 0.1) is 0 Å². The minimum Gasteiger partial charge on any atom is -0.473 e. The van der Waals surface area contributed by atoms with Gasteiger partial charge in [-0.3, -0.25) is 0 Å². The highest BCUT2D eigenvalue weighted by Crippen LogP contribution is 1.80. The number of hydrogen-bond donors (Lipinski definition) is 2. The van der Waals surface area contributed by atoms with Gasteiger partial charge >= 0.3 is 11.9 Å².